The Morgan fingerprint density at radius 3 is 2.87 bits per heavy atom. The molecule has 1 spiro atoms. The predicted octanol–water partition coefficient (Wildman–Crippen LogP) is 2.51. The van der Waals surface area contributed by atoms with Crippen molar-refractivity contribution in [3.05, 3.63) is 34.9 Å². The van der Waals surface area contributed by atoms with Gasteiger partial charge in [-0.05, 0) is 56.5 Å². The second kappa shape index (κ2) is 3.08. The Hall–Kier alpha value is -0.820. The van der Waals surface area contributed by atoms with Gasteiger partial charge in [0.15, 0.2) is 0 Å². The summed E-state index contributed by atoms with van der Waals surface area (Å²) in [5.41, 5.74) is 5.31. The van der Waals surface area contributed by atoms with Gasteiger partial charge in [-0.3, -0.25) is 0 Å². The molecular weight excluding hydrogens is 182 g/mol. The zero-order valence-electron chi connectivity index (χ0n) is 9.71. The fraction of sp³-hybridized carbons (Fsp3) is 0.571. The van der Waals surface area contributed by atoms with Crippen molar-refractivity contribution >= 4 is 0 Å². The molecule has 1 unspecified atom stereocenters. The first-order valence-electron chi connectivity index (χ1n) is 5.99. The Morgan fingerprint density at radius 2 is 2.13 bits per heavy atom. The lowest BCUT2D eigenvalue weighted by Crippen LogP contribution is -2.26. The molecule has 1 aromatic rings. The van der Waals surface area contributed by atoms with Gasteiger partial charge in [0.25, 0.3) is 0 Å². The number of benzene rings is 1. The molecule has 1 nitrogen and oxygen atoms in total. The van der Waals surface area contributed by atoms with E-state index in [2.05, 4.69) is 37.1 Å². The highest BCUT2D eigenvalue weighted by Crippen LogP contribution is 2.45. The number of aryl methyl sites for hydroxylation is 1. The molecule has 2 aliphatic rings. The topological polar surface area (TPSA) is 3.24 Å². The van der Waals surface area contributed by atoms with Crippen LogP contribution in [0.3, 0.4) is 0 Å². The number of likely N-dealkylation sites (N-methyl/N-ethyl adjacent to an activating group) is 1. The number of hydrogen-bond acceptors (Lipinski definition) is 1. The molecule has 1 aliphatic heterocycles. The highest BCUT2D eigenvalue weighted by atomic mass is 15.1. The SMILES string of the molecule is Cc1cccc2c1CCC21CCN(C)C1. The van der Waals surface area contributed by atoms with Gasteiger partial charge in [-0.1, -0.05) is 18.2 Å². The minimum Gasteiger partial charge on any atom is -0.305 e. The Kier molecular flexibility index (Phi) is 1.93. The van der Waals surface area contributed by atoms with Gasteiger partial charge in [-0.2, -0.15) is 0 Å². The van der Waals surface area contributed by atoms with Crippen LogP contribution in [-0.2, 0) is 11.8 Å². The highest BCUT2D eigenvalue weighted by molar-refractivity contribution is 5.45. The lowest BCUT2D eigenvalue weighted by Gasteiger charge is -2.24. The molecule has 1 aromatic carbocycles. The number of hydrogen-bond donors (Lipinski definition) is 0. The quantitative estimate of drug-likeness (QED) is 0.623. The summed E-state index contributed by atoms with van der Waals surface area (Å²) < 4.78 is 0. The third kappa shape index (κ3) is 1.26. The van der Waals surface area contributed by atoms with Crippen molar-refractivity contribution in [1.29, 1.82) is 0 Å². The smallest absolute Gasteiger partial charge is 0.00983 e. The van der Waals surface area contributed by atoms with Crippen LogP contribution in [0, 0.1) is 6.92 Å². The van der Waals surface area contributed by atoms with Crippen molar-refractivity contribution in [1.82, 2.24) is 4.90 Å². The highest BCUT2D eigenvalue weighted by Gasteiger charge is 2.43. The molecule has 1 saturated heterocycles. The summed E-state index contributed by atoms with van der Waals surface area (Å²) in [4.78, 5) is 2.48. The number of nitrogens with zero attached hydrogens (tertiary/aromatic N) is 1. The van der Waals surface area contributed by atoms with Crippen LogP contribution in [-0.4, -0.2) is 25.0 Å². The summed E-state index contributed by atoms with van der Waals surface area (Å²) in [6.07, 6.45) is 4.04. The van der Waals surface area contributed by atoms with E-state index in [4.69, 9.17) is 0 Å². The lowest BCUT2D eigenvalue weighted by atomic mass is 9.81. The van der Waals surface area contributed by atoms with Crippen LogP contribution < -0.4 is 0 Å². The number of rotatable bonds is 0. The van der Waals surface area contributed by atoms with Crippen LogP contribution in [0.15, 0.2) is 18.2 Å². The van der Waals surface area contributed by atoms with Crippen molar-refractivity contribution in [3.8, 4) is 0 Å². The molecule has 0 saturated carbocycles. The predicted molar refractivity (Wildman–Crippen MR) is 63.3 cm³/mol. The van der Waals surface area contributed by atoms with Gasteiger partial charge >= 0.3 is 0 Å². The van der Waals surface area contributed by atoms with E-state index in [0.717, 1.165) is 0 Å². The first-order valence-corrected chi connectivity index (χ1v) is 5.99. The van der Waals surface area contributed by atoms with Crippen LogP contribution in [0.1, 0.15) is 29.5 Å². The molecule has 0 aromatic heterocycles. The minimum atomic E-state index is 0.510. The van der Waals surface area contributed by atoms with Gasteiger partial charge in [0.2, 0.25) is 0 Å². The molecule has 0 amide bonds. The fourth-order valence-corrected chi connectivity index (χ4v) is 3.53. The lowest BCUT2D eigenvalue weighted by molar-refractivity contribution is 0.366. The third-order valence-corrected chi connectivity index (χ3v) is 4.38. The van der Waals surface area contributed by atoms with Crippen LogP contribution in [0.25, 0.3) is 0 Å². The average Bonchev–Trinajstić information content (AvgIpc) is 2.75. The minimum absolute atomic E-state index is 0.510. The second-order valence-electron chi connectivity index (χ2n) is 5.37. The van der Waals surface area contributed by atoms with Gasteiger partial charge in [-0.25, -0.2) is 0 Å². The largest absolute Gasteiger partial charge is 0.305 e. The molecule has 1 atom stereocenters. The van der Waals surface area contributed by atoms with Crippen molar-refractivity contribution < 1.29 is 0 Å². The van der Waals surface area contributed by atoms with E-state index in [9.17, 15) is 0 Å². The molecule has 80 valence electrons. The molecule has 0 bridgehead atoms. The Balaban J connectivity index is 2.08. The van der Waals surface area contributed by atoms with Crippen LogP contribution in [0.4, 0.5) is 0 Å². The number of likely N-dealkylation sites (tertiary alicyclic amines) is 1. The van der Waals surface area contributed by atoms with Gasteiger partial charge in [0.05, 0.1) is 0 Å². The summed E-state index contributed by atoms with van der Waals surface area (Å²) in [5, 5.41) is 0. The normalized spacial score (nSPS) is 30.0. The molecule has 15 heavy (non-hydrogen) atoms. The van der Waals surface area contributed by atoms with E-state index in [-0.39, 0.29) is 0 Å². The maximum atomic E-state index is 2.48. The zero-order valence-corrected chi connectivity index (χ0v) is 9.71. The average molecular weight is 201 g/mol. The van der Waals surface area contributed by atoms with Crippen molar-refractivity contribution in [2.45, 2.75) is 31.6 Å². The maximum Gasteiger partial charge on any atom is 0.00983 e. The molecular formula is C14H19N. The van der Waals surface area contributed by atoms with E-state index in [0.29, 0.717) is 5.41 Å². The Bertz CT molecular complexity index is 396. The molecule has 0 N–H and O–H groups in total. The molecule has 0 radical (unpaired) electrons. The van der Waals surface area contributed by atoms with Crippen LogP contribution >= 0.6 is 0 Å². The molecule has 3 rings (SSSR count). The molecule has 1 fully saturated rings. The van der Waals surface area contributed by atoms with E-state index >= 15 is 0 Å². The first-order chi connectivity index (χ1) is 7.21. The van der Waals surface area contributed by atoms with Gasteiger partial charge in [0.1, 0.15) is 0 Å². The Labute approximate surface area is 92.1 Å². The standard InChI is InChI=1S/C14H19N/c1-11-4-3-5-13-12(11)6-7-14(13)8-9-15(2)10-14/h3-5H,6-10H2,1-2H3. The van der Waals surface area contributed by atoms with Gasteiger partial charge < -0.3 is 4.90 Å². The fourth-order valence-electron chi connectivity index (χ4n) is 3.53. The Morgan fingerprint density at radius 1 is 1.27 bits per heavy atom. The monoisotopic (exact) mass is 201 g/mol. The summed E-state index contributed by atoms with van der Waals surface area (Å²) in [6.45, 7) is 4.80. The second-order valence-corrected chi connectivity index (χ2v) is 5.37. The number of fused-ring (bicyclic) bond motifs is 2. The van der Waals surface area contributed by atoms with E-state index < -0.39 is 0 Å². The summed E-state index contributed by atoms with van der Waals surface area (Å²) in [7, 11) is 2.25. The third-order valence-electron chi connectivity index (χ3n) is 4.38. The van der Waals surface area contributed by atoms with E-state index in [1.165, 1.54) is 37.9 Å². The van der Waals surface area contributed by atoms with Crippen LogP contribution in [0.2, 0.25) is 0 Å². The van der Waals surface area contributed by atoms with E-state index in [1.54, 1.807) is 11.1 Å². The zero-order chi connectivity index (χ0) is 10.5. The molecule has 1 heterocycles. The van der Waals surface area contributed by atoms with Crippen molar-refractivity contribution in [2.75, 3.05) is 20.1 Å². The van der Waals surface area contributed by atoms with Gasteiger partial charge in [0, 0.05) is 12.0 Å². The summed E-state index contributed by atoms with van der Waals surface area (Å²) >= 11 is 0. The van der Waals surface area contributed by atoms with Gasteiger partial charge in [-0.15, -0.1) is 0 Å². The van der Waals surface area contributed by atoms with Crippen molar-refractivity contribution in [3.63, 3.8) is 0 Å². The molecule has 1 aliphatic carbocycles. The van der Waals surface area contributed by atoms with Crippen molar-refractivity contribution in [2.24, 2.45) is 0 Å². The molecule has 1 heteroatoms. The van der Waals surface area contributed by atoms with E-state index in [1.807, 2.05) is 0 Å². The maximum absolute atomic E-state index is 2.48. The first kappa shape index (κ1) is 9.41. The summed E-state index contributed by atoms with van der Waals surface area (Å²) in [5.74, 6) is 0. The van der Waals surface area contributed by atoms with Crippen LogP contribution in [0.5, 0.6) is 0 Å². The summed E-state index contributed by atoms with van der Waals surface area (Å²) in [6, 6.07) is 6.87.